The van der Waals surface area contributed by atoms with E-state index in [0.29, 0.717) is 0 Å². The van der Waals surface area contributed by atoms with Crippen LogP contribution in [0.1, 0.15) is 23.2 Å². The molecule has 0 atom stereocenters. The highest BCUT2D eigenvalue weighted by Crippen LogP contribution is 2.13. The molecular formula is C16H20N4O. The first-order valence-electron chi connectivity index (χ1n) is 7.08. The van der Waals surface area contributed by atoms with Gasteiger partial charge < -0.3 is 10.1 Å². The highest BCUT2D eigenvalue weighted by atomic mass is 16.5. The number of nitrogens with one attached hydrogen (secondary N) is 2. The monoisotopic (exact) mass is 284 g/mol. The molecule has 0 fully saturated rings. The standard InChI is InChI=1S/C16H20N4O/c1-13-15(12-19-20-13)5-3-8-18-11-14-4-2-6-16(10-14)21-9-7-17/h2,4,6,10,12,18H,3,5,8-9,11H2,1H3,(H,19,20). The molecule has 0 spiro atoms. The molecule has 0 amide bonds. The number of hydrogen-bond acceptors (Lipinski definition) is 4. The van der Waals surface area contributed by atoms with Crippen LogP contribution in [0.15, 0.2) is 30.5 Å². The number of nitriles is 1. The molecule has 2 aromatic rings. The van der Waals surface area contributed by atoms with E-state index in [1.807, 2.05) is 43.5 Å². The Labute approximate surface area is 124 Å². The first kappa shape index (κ1) is 15.1. The third kappa shape index (κ3) is 4.93. The Balaban J connectivity index is 1.69. The van der Waals surface area contributed by atoms with Gasteiger partial charge in [0.2, 0.25) is 0 Å². The average Bonchev–Trinajstić information content (AvgIpc) is 2.91. The number of rotatable bonds is 8. The first-order chi connectivity index (χ1) is 10.3. The molecule has 2 N–H and O–H groups in total. The Morgan fingerprint density at radius 1 is 1.43 bits per heavy atom. The molecule has 0 aliphatic carbocycles. The second-order valence-corrected chi connectivity index (χ2v) is 4.89. The number of benzene rings is 1. The molecule has 0 bridgehead atoms. The highest BCUT2D eigenvalue weighted by Gasteiger charge is 2.00. The maximum absolute atomic E-state index is 8.50. The maximum atomic E-state index is 8.50. The van der Waals surface area contributed by atoms with Crippen molar-refractivity contribution in [2.45, 2.75) is 26.3 Å². The Hall–Kier alpha value is -2.32. The van der Waals surface area contributed by atoms with E-state index in [0.717, 1.165) is 42.9 Å². The van der Waals surface area contributed by atoms with Gasteiger partial charge in [-0.15, -0.1) is 0 Å². The summed E-state index contributed by atoms with van der Waals surface area (Å²) in [7, 11) is 0. The van der Waals surface area contributed by atoms with Crippen LogP contribution in [0.3, 0.4) is 0 Å². The van der Waals surface area contributed by atoms with Crippen LogP contribution < -0.4 is 10.1 Å². The van der Waals surface area contributed by atoms with E-state index in [4.69, 9.17) is 10.00 Å². The topological polar surface area (TPSA) is 73.7 Å². The smallest absolute Gasteiger partial charge is 0.174 e. The first-order valence-corrected chi connectivity index (χ1v) is 7.08. The van der Waals surface area contributed by atoms with Gasteiger partial charge in [-0.3, -0.25) is 5.10 Å². The fourth-order valence-electron chi connectivity index (χ4n) is 2.13. The van der Waals surface area contributed by atoms with Crippen molar-refractivity contribution in [1.82, 2.24) is 15.5 Å². The molecule has 0 unspecified atom stereocenters. The van der Waals surface area contributed by atoms with E-state index >= 15 is 0 Å². The summed E-state index contributed by atoms with van der Waals surface area (Å²) in [5.41, 5.74) is 3.59. The van der Waals surface area contributed by atoms with Crippen LogP contribution in [-0.2, 0) is 13.0 Å². The van der Waals surface area contributed by atoms with Crippen molar-refractivity contribution < 1.29 is 4.74 Å². The molecule has 2 rings (SSSR count). The zero-order valence-corrected chi connectivity index (χ0v) is 12.2. The Morgan fingerprint density at radius 2 is 2.33 bits per heavy atom. The fourth-order valence-corrected chi connectivity index (χ4v) is 2.13. The highest BCUT2D eigenvalue weighted by molar-refractivity contribution is 5.28. The molecule has 1 heterocycles. The third-order valence-electron chi connectivity index (χ3n) is 3.26. The van der Waals surface area contributed by atoms with Crippen LogP contribution in [0.2, 0.25) is 0 Å². The third-order valence-corrected chi connectivity index (χ3v) is 3.26. The zero-order chi connectivity index (χ0) is 14.9. The van der Waals surface area contributed by atoms with E-state index in [1.165, 1.54) is 5.56 Å². The van der Waals surface area contributed by atoms with Gasteiger partial charge in [0.15, 0.2) is 6.61 Å². The lowest BCUT2D eigenvalue weighted by Gasteiger charge is -2.07. The minimum Gasteiger partial charge on any atom is -0.479 e. The summed E-state index contributed by atoms with van der Waals surface area (Å²) in [6, 6.07) is 9.79. The number of aromatic nitrogens is 2. The Bertz CT molecular complexity index is 600. The minimum absolute atomic E-state index is 0.0843. The summed E-state index contributed by atoms with van der Waals surface area (Å²) >= 11 is 0. The van der Waals surface area contributed by atoms with Gasteiger partial charge in [0, 0.05) is 12.2 Å². The molecule has 0 saturated heterocycles. The number of nitrogens with zero attached hydrogens (tertiary/aromatic N) is 2. The zero-order valence-electron chi connectivity index (χ0n) is 12.2. The molecule has 0 aliphatic rings. The van der Waals surface area contributed by atoms with E-state index in [2.05, 4.69) is 15.5 Å². The summed E-state index contributed by atoms with van der Waals surface area (Å²) < 4.78 is 5.29. The molecule has 1 aromatic carbocycles. The number of aryl methyl sites for hydroxylation is 2. The number of aromatic amines is 1. The second kappa shape index (κ2) is 8.08. The van der Waals surface area contributed by atoms with Crippen molar-refractivity contribution in [3.05, 3.63) is 47.3 Å². The van der Waals surface area contributed by atoms with Crippen molar-refractivity contribution in [2.24, 2.45) is 0 Å². The van der Waals surface area contributed by atoms with E-state index in [1.54, 1.807) is 0 Å². The molecular weight excluding hydrogens is 264 g/mol. The van der Waals surface area contributed by atoms with Crippen molar-refractivity contribution in [2.75, 3.05) is 13.2 Å². The molecule has 0 radical (unpaired) electrons. The molecule has 0 saturated carbocycles. The van der Waals surface area contributed by atoms with E-state index in [-0.39, 0.29) is 6.61 Å². The number of H-pyrrole nitrogens is 1. The van der Waals surface area contributed by atoms with Crippen LogP contribution in [-0.4, -0.2) is 23.3 Å². The van der Waals surface area contributed by atoms with Gasteiger partial charge in [0.25, 0.3) is 0 Å². The van der Waals surface area contributed by atoms with Gasteiger partial charge in [-0.2, -0.15) is 10.4 Å². The summed E-state index contributed by atoms with van der Waals surface area (Å²) in [5, 5.41) is 18.9. The van der Waals surface area contributed by atoms with Crippen LogP contribution >= 0.6 is 0 Å². The maximum Gasteiger partial charge on any atom is 0.174 e. The Morgan fingerprint density at radius 3 is 3.10 bits per heavy atom. The second-order valence-electron chi connectivity index (χ2n) is 4.89. The van der Waals surface area contributed by atoms with Gasteiger partial charge in [-0.05, 0) is 49.6 Å². The van der Waals surface area contributed by atoms with Crippen LogP contribution in [0, 0.1) is 18.3 Å². The minimum atomic E-state index is 0.0843. The van der Waals surface area contributed by atoms with Gasteiger partial charge in [-0.1, -0.05) is 12.1 Å². The lowest BCUT2D eigenvalue weighted by molar-refractivity contribution is 0.367. The van der Waals surface area contributed by atoms with Gasteiger partial charge in [-0.25, -0.2) is 0 Å². The molecule has 1 aromatic heterocycles. The van der Waals surface area contributed by atoms with Crippen molar-refractivity contribution in [3.63, 3.8) is 0 Å². The normalized spacial score (nSPS) is 10.3. The van der Waals surface area contributed by atoms with Crippen molar-refractivity contribution >= 4 is 0 Å². The van der Waals surface area contributed by atoms with Gasteiger partial charge in [0.05, 0.1) is 6.20 Å². The summed E-state index contributed by atoms with van der Waals surface area (Å²) in [6.45, 7) is 3.88. The number of ether oxygens (including phenoxy) is 1. The summed E-state index contributed by atoms with van der Waals surface area (Å²) in [4.78, 5) is 0. The van der Waals surface area contributed by atoms with Crippen LogP contribution in [0.5, 0.6) is 5.75 Å². The lowest BCUT2D eigenvalue weighted by Crippen LogP contribution is -2.15. The van der Waals surface area contributed by atoms with E-state index in [9.17, 15) is 0 Å². The molecule has 5 nitrogen and oxygen atoms in total. The quantitative estimate of drug-likeness (QED) is 0.730. The summed E-state index contributed by atoms with van der Waals surface area (Å²) in [6.07, 6.45) is 4.00. The van der Waals surface area contributed by atoms with Crippen LogP contribution in [0.25, 0.3) is 0 Å². The average molecular weight is 284 g/mol. The predicted octanol–water partition coefficient (Wildman–Crippen LogP) is 2.34. The van der Waals surface area contributed by atoms with E-state index < -0.39 is 0 Å². The summed E-state index contributed by atoms with van der Waals surface area (Å²) in [5.74, 6) is 0.741. The SMILES string of the molecule is Cc1[nH]ncc1CCCNCc1cccc(OCC#N)c1. The molecule has 5 heteroatoms. The molecule has 0 aliphatic heterocycles. The molecule has 110 valence electrons. The van der Waals surface area contributed by atoms with Crippen LogP contribution in [0.4, 0.5) is 0 Å². The largest absolute Gasteiger partial charge is 0.479 e. The fraction of sp³-hybridized carbons (Fsp3) is 0.375. The lowest BCUT2D eigenvalue weighted by atomic mass is 10.1. The number of hydrogen-bond donors (Lipinski definition) is 2. The van der Waals surface area contributed by atoms with Crippen molar-refractivity contribution in [3.8, 4) is 11.8 Å². The predicted molar refractivity (Wildman–Crippen MR) is 80.9 cm³/mol. The Kier molecular flexibility index (Phi) is 5.80. The molecule has 21 heavy (non-hydrogen) atoms. The van der Waals surface area contributed by atoms with Gasteiger partial charge in [0.1, 0.15) is 11.8 Å². The van der Waals surface area contributed by atoms with Crippen molar-refractivity contribution in [1.29, 1.82) is 5.26 Å². The van der Waals surface area contributed by atoms with Gasteiger partial charge >= 0.3 is 0 Å².